The maximum absolute atomic E-state index is 13.0. The van der Waals surface area contributed by atoms with Crippen molar-refractivity contribution in [3.63, 3.8) is 0 Å². The Labute approximate surface area is 185 Å². The first-order chi connectivity index (χ1) is 15.3. The average molecular weight is 459 g/mol. The SMILES string of the molecule is O=C(CCCCCN1C(=O)c2ccccc2C1=O)N1CC(S(=O)(=O)c2ccc(F)cc2)C1. The molecule has 0 bridgehead atoms. The van der Waals surface area contributed by atoms with Crippen LogP contribution in [-0.4, -0.2) is 60.8 Å². The molecule has 3 amide bonds. The van der Waals surface area contributed by atoms with Crippen LogP contribution in [-0.2, 0) is 14.6 Å². The molecule has 1 saturated heterocycles. The lowest BCUT2D eigenvalue weighted by Crippen LogP contribution is -2.56. The number of amides is 3. The van der Waals surface area contributed by atoms with Gasteiger partial charge < -0.3 is 4.90 Å². The van der Waals surface area contributed by atoms with E-state index in [0.29, 0.717) is 36.9 Å². The number of carbonyl (C=O) groups is 3. The highest BCUT2D eigenvalue weighted by molar-refractivity contribution is 7.92. The van der Waals surface area contributed by atoms with Gasteiger partial charge in [0.2, 0.25) is 5.91 Å². The summed E-state index contributed by atoms with van der Waals surface area (Å²) in [6, 6.07) is 11.4. The first kappa shape index (κ1) is 22.1. The molecule has 2 aromatic rings. The van der Waals surface area contributed by atoms with Crippen molar-refractivity contribution < 1.29 is 27.2 Å². The summed E-state index contributed by atoms with van der Waals surface area (Å²) < 4.78 is 38.1. The molecule has 0 radical (unpaired) electrons. The summed E-state index contributed by atoms with van der Waals surface area (Å²) in [5.41, 5.74) is 0.853. The second-order valence-corrected chi connectivity index (χ2v) is 10.3. The fourth-order valence-corrected chi connectivity index (χ4v) is 5.63. The summed E-state index contributed by atoms with van der Waals surface area (Å²) in [5.74, 6) is -1.18. The van der Waals surface area contributed by atoms with Crippen LogP contribution in [0.2, 0.25) is 0 Å². The van der Waals surface area contributed by atoms with Gasteiger partial charge >= 0.3 is 0 Å². The van der Waals surface area contributed by atoms with Crippen LogP contribution in [0.5, 0.6) is 0 Å². The Bertz CT molecular complexity index is 1120. The van der Waals surface area contributed by atoms with Crippen molar-refractivity contribution >= 4 is 27.6 Å². The molecule has 168 valence electrons. The molecular formula is C23H23FN2O5S. The average Bonchev–Trinajstić information content (AvgIpc) is 2.97. The zero-order chi connectivity index (χ0) is 22.9. The summed E-state index contributed by atoms with van der Waals surface area (Å²) in [6.45, 7) is 0.573. The number of sulfone groups is 1. The van der Waals surface area contributed by atoms with Crippen molar-refractivity contribution in [2.75, 3.05) is 19.6 Å². The number of rotatable bonds is 8. The highest BCUT2D eigenvalue weighted by atomic mass is 32.2. The van der Waals surface area contributed by atoms with Crippen LogP contribution in [0, 0.1) is 5.82 Å². The standard InChI is InChI=1S/C23H23FN2O5S/c24-16-9-11-17(12-10-16)32(30,31)18-14-25(15-18)21(27)8-2-1-5-13-26-22(28)19-6-3-4-7-20(19)23(26)29/h3-4,6-7,9-12,18H,1-2,5,8,13-15H2. The maximum atomic E-state index is 13.0. The summed E-state index contributed by atoms with van der Waals surface area (Å²) in [4.78, 5) is 39.8. The quantitative estimate of drug-likeness (QED) is 0.345. The van der Waals surface area contributed by atoms with Crippen molar-refractivity contribution in [1.29, 1.82) is 0 Å². The molecule has 2 aliphatic heterocycles. The zero-order valence-corrected chi connectivity index (χ0v) is 18.2. The van der Waals surface area contributed by atoms with E-state index >= 15 is 0 Å². The Balaban J connectivity index is 1.17. The number of hydrogen-bond acceptors (Lipinski definition) is 5. The summed E-state index contributed by atoms with van der Waals surface area (Å²) in [6.07, 6.45) is 2.14. The summed E-state index contributed by atoms with van der Waals surface area (Å²) >= 11 is 0. The van der Waals surface area contributed by atoms with Gasteiger partial charge in [-0.3, -0.25) is 19.3 Å². The predicted molar refractivity (Wildman–Crippen MR) is 114 cm³/mol. The third kappa shape index (κ3) is 4.17. The van der Waals surface area contributed by atoms with E-state index in [1.54, 1.807) is 24.3 Å². The molecule has 1 fully saturated rings. The van der Waals surface area contributed by atoms with Crippen LogP contribution >= 0.6 is 0 Å². The Kier molecular flexibility index (Phi) is 6.10. The fourth-order valence-electron chi connectivity index (χ4n) is 3.98. The van der Waals surface area contributed by atoms with Gasteiger partial charge in [-0.25, -0.2) is 12.8 Å². The van der Waals surface area contributed by atoms with E-state index in [9.17, 15) is 27.2 Å². The van der Waals surface area contributed by atoms with Gasteiger partial charge in [0.25, 0.3) is 11.8 Å². The minimum absolute atomic E-state index is 0.0594. The summed E-state index contributed by atoms with van der Waals surface area (Å²) in [7, 11) is -3.59. The molecule has 7 nitrogen and oxygen atoms in total. The van der Waals surface area contributed by atoms with E-state index in [1.165, 1.54) is 21.9 Å². The number of likely N-dealkylation sites (tertiary alicyclic amines) is 1. The van der Waals surface area contributed by atoms with Gasteiger partial charge in [0.05, 0.1) is 16.0 Å². The van der Waals surface area contributed by atoms with Crippen molar-refractivity contribution in [2.24, 2.45) is 0 Å². The maximum Gasteiger partial charge on any atom is 0.261 e. The van der Waals surface area contributed by atoms with Crippen molar-refractivity contribution in [2.45, 2.75) is 35.8 Å². The zero-order valence-electron chi connectivity index (χ0n) is 17.4. The molecule has 9 heteroatoms. The lowest BCUT2D eigenvalue weighted by Gasteiger charge is -2.38. The first-order valence-electron chi connectivity index (χ1n) is 10.5. The minimum Gasteiger partial charge on any atom is -0.340 e. The number of imide groups is 1. The van der Waals surface area contributed by atoms with E-state index in [0.717, 1.165) is 12.1 Å². The molecule has 4 rings (SSSR count). The van der Waals surface area contributed by atoms with E-state index < -0.39 is 20.9 Å². The molecular weight excluding hydrogens is 435 g/mol. The predicted octanol–water partition coefficient (Wildman–Crippen LogP) is 2.67. The van der Waals surface area contributed by atoms with Gasteiger partial charge in [0.1, 0.15) is 11.1 Å². The van der Waals surface area contributed by atoms with Crippen molar-refractivity contribution in [3.8, 4) is 0 Å². The molecule has 0 saturated carbocycles. The van der Waals surface area contributed by atoms with Gasteiger partial charge in [-0.05, 0) is 49.2 Å². The van der Waals surface area contributed by atoms with Crippen LogP contribution in [0.1, 0.15) is 46.4 Å². The number of halogens is 1. The Hall–Kier alpha value is -3.07. The largest absolute Gasteiger partial charge is 0.340 e. The topological polar surface area (TPSA) is 91.8 Å². The van der Waals surface area contributed by atoms with Gasteiger partial charge in [0.15, 0.2) is 9.84 Å². The molecule has 2 aromatic carbocycles. The van der Waals surface area contributed by atoms with Crippen LogP contribution < -0.4 is 0 Å². The van der Waals surface area contributed by atoms with Crippen molar-refractivity contribution in [3.05, 3.63) is 65.5 Å². The monoisotopic (exact) mass is 458 g/mol. The van der Waals surface area contributed by atoms with E-state index in [1.807, 2.05) is 0 Å². The second kappa shape index (κ2) is 8.82. The van der Waals surface area contributed by atoms with Gasteiger partial charge in [-0.2, -0.15) is 0 Å². The number of carbonyl (C=O) groups excluding carboxylic acids is 3. The lowest BCUT2D eigenvalue weighted by atomic mass is 10.1. The smallest absolute Gasteiger partial charge is 0.261 e. The van der Waals surface area contributed by atoms with Crippen molar-refractivity contribution in [1.82, 2.24) is 9.80 Å². The number of unbranched alkanes of at least 4 members (excludes halogenated alkanes) is 2. The molecule has 0 aliphatic carbocycles. The number of hydrogen-bond donors (Lipinski definition) is 0. The van der Waals surface area contributed by atoms with E-state index in [4.69, 9.17) is 0 Å². The molecule has 32 heavy (non-hydrogen) atoms. The highest BCUT2D eigenvalue weighted by Crippen LogP contribution is 2.25. The fraction of sp³-hybridized carbons (Fsp3) is 0.348. The molecule has 2 heterocycles. The van der Waals surface area contributed by atoms with Crippen LogP contribution in [0.3, 0.4) is 0 Å². The second-order valence-electron chi connectivity index (χ2n) is 8.04. The third-order valence-corrected chi connectivity index (χ3v) is 8.04. The minimum atomic E-state index is -3.59. The van der Waals surface area contributed by atoms with Gasteiger partial charge in [0, 0.05) is 26.1 Å². The number of fused-ring (bicyclic) bond motifs is 1. The molecule has 0 aromatic heterocycles. The van der Waals surface area contributed by atoms with Gasteiger partial charge in [-0.1, -0.05) is 18.6 Å². The van der Waals surface area contributed by atoms with E-state index in [2.05, 4.69) is 0 Å². The molecule has 0 N–H and O–H groups in total. The van der Waals surface area contributed by atoms with Crippen LogP contribution in [0.25, 0.3) is 0 Å². The Morgan fingerprint density at radius 2 is 1.50 bits per heavy atom. The molecule has 0 atom stereocenters. The number of benzene rings is 2. The Morgan fingerprint density at radius 3 is 2.09 bits per heavy atom. The number of nitrogens with zero attached hydrogens (tertiary/aromatic N) is 2. The molecule has 0 unspecified atom stereocenters. The highest BCUT2D eigenvalue weighted by Gasteiger charge is 2.40. The van der Waals surface area contributed by atoms with E-state index in [-0.39, 0.29) is 42.1 Å². The van der Waals surface area contributed by atoms with Gasteiger partial charge in [-0.15, -0.1) is 0 Å². The normalized spacial score (nSPS) is 16.3. The molecule has 2 aliphatic rings. The third-order valence-electron chi connectivity index (χ3n) is 5.93. The lowest BCUT2D eigenvalue weighted by molar-refractivity contribution is -0.134. The Morgan fingerprint density at radius 1 is 0.906 bits per heavy atom. The molecule has 0 spiro atoms. The van der Waals surface area contributed by atoms with Crippen LogP contribution in [0.15, 0.2) is 53.4 Å². The first-order valence-corrected chi connectivity index (χ1v) is 12.1. The summed E-state index contributed by atoms with van der Waals surface area (Å²) in [5, 5.41) is -0.675. The van der Waals surface area contributed by atoms with Crippen LogP contribution in [0.4, 0.5) is 4.39 Å².